The van der Waals surface area contributed by atoms with Crippen molar-refractivity contribution < 1.29 is 14.6 Å². The summed E-state index contributed by atoms with van der Waals surface area (Å²) in [6.07, 6.45) is 1.06. The fraction of sp³-hybridized carbons (Fsp3) is 0.500. The zero-order valence-corrected chi connectivity index (χ0v) is 12.2. The van der Waals surface area contributed by atoms with Crippen LogP contribution in [-0.4, -0.2) is 36.5 Å². The topological polar surface area (TPSA) is 70.6 Å². The van der Waals surface area contributed by atoms with Crippen molar-refractivity contribution in [2.45, 2.75) is 25.4 Å². The lowest BCUT2D eigenvalue weighted by Crippen LogP contribution is -2.47. The number of hydrogen-bond acceptors (Lipinski definition) is 3. The first-order valence-electron chi connectivity index (χ1n) is 6.60. The van der Waals surface area contributed by atoms with Gasteiger partial charge in [0.2, 0.25) is 0 Å². The molecule has 1 aromatic carbocycles. The highest BCUT2D eigenvalue weighted by molar-refractivity contribution is 6.31. The molecule has 5 nitrogen and oxygen atoms in total. The van der Waals surface area contributed by atoms with Gasteiger partial charge in [-0.15, -0.1) is 0 Å². The molecule has 1 saturated heterocycles. The molecule has 1 heterocycles. The Kier molecular flexibility index (Phi) is 4.86. The molecule has 0 aromatic heterocycles. The fourth-order valence-corrected chi connectivity index (χ4v) is 2.26. The lowest BCUT2D eigenvalue weighted by atomic mass is 9.94. The Morgan fingerprint density at radius 3 is 2.85 bits per heavy atom. The van der Waals surface area contributed by atoms with Gasteiger partial charge >= 0.3 is 6.03 Å². The van der Waals surface area contributed by atoms with Crippen molar-refractivity contribution in [1.82, 2.24) is 5.32 Å². The summed E-state index contributed by atoms with van der Waals surface area (Å²) in [5.41, 5.74) is 0.599. The summed E-state index contributed by atoms with van der Waals surface area (Å²) in [7, 11) is 0. The molecule has 0 atom stereocenters. The van der Waals surface area contributed by atoms with Gasteiger partial charge < -0.3 is 20.5 Å². The number of carbonyl (C=O) groups is 1. The highest BCUT2D eigenvalue weighted by atomic mass is 35.5. The predicted octanol–water partition coefficient (Wildman–Crippen LogP) is 2.31. The second-order valence-corrected chi connectivity index (χ2v) is 5.46. The number of amides is 2. The molecule has 1 aromatic rings. The van der Waals surface area contributed by atoms with E-state index < -0.39 is 5.60 Å². The van der Waals surface area contributed by atoms with Gasteiger partial charge in [-0.05, 0) is 24.6 Å². The smallest absolute Gasteiger partial charge is 0.319 e. The standard InChI is InChI=1S/C14H19ClN2O3/c1-10-11(15)3-2-4-12(10)17-13(18)16-9-14(19)5-7-20-8-6-14/h2-4,19H,5-9H2,1H3,(H2,16,17,18). The van der Waals surface area contributed by atoms with E-state index in [1.165, 1.54) is 0 Å². The number of rotatable bonds is 3. The lowest BCUT2D eigenvalue weighted by Gasteiger charge is -2.32. The average Bonchev–Trinajstić information content (AvgIpc) is 2.43. The van der Waals surface area contributed by atoms with Crippen molar-refractivity contribution in [1.29, 1.82) is 0 Å². The van der Waals surface area contributed by atoms with Crippen LogP contribution in [0.4, 0.5) is 10.5 Å². The number of carbonyl (C=O) groups excluding carboxylic acids is 1. The van der Waals surface area contributed by atoms with E-state index in [1.54, 1.807) is 18.2 Å². The number of hydrogen-bond donors (Lipinski definition) is 3. The van der Waals surface area contributed by atoms with Crippen molar-refractivity contribution in [2.24, 2.45) is 0 Å². The summed E-state index contributed by atoms with van der Waals surface area (Å²) in [5, 5.41) is 16.3. The SMILES string of the molecule is Cc1c(Cl)cccc1NC(=O)NCC1(O)CCOCC1. The summed E-state index contributed by atoms with van der Waals surface area (Å²) in [4.78, 5) is 11.9. The highest BCUT2D eigenvalue weighted by Crippen LogP contribution is 2.23. The summed E-state index contributed by atoms with van der Waals surface area (Å²) < 4.78 is 5.19. The number of benzene rings is 1. The van der Waals surface area contributed by atoms with Crippen LogP contribution in [0.2, 0.25) is 5.02 Å². The molecule has 0 saturated carbocycles. The van der Waals surface area contributed by atoms with Crippen molar-refractivity contribution in [3.05, 3.63) is 28.8 Å². The normalized spacial score (nSPS) is 17.6. The molecular formula is C14H19ClN2O3. The van der Waals surface area contributed by atoms with Gasteiger partial charge in [0.15, 0.2) is 0 Å². The zero-order chi connectivity index (χ0) is 14.6. The third-order valence-electron chi connectivity index (χ3n) is 3.52. The molecule has 110 valence electrons. The van der Waals surface area contributed by atoms with Gasteiger partial charge in [0, 0.05) is 43.3 Å². The Balaban J connectivity index is 1.88. The van der Waals surface area contributed by atoms with Crippen LogP contribution in [0.15, 0.2) is 18.2 Å². The monoisotopic (exact) mass is 298 g/mol. The van der Waals surface area contributed by atoms with Crippen molar-refractivity contribution >= 4 is 23.3 Å². The Labute approximate surface area is 123 Å². The maximum Gasteiger partial charge on any atom is 0.319 e. The molecule has 0 bridgehead atoms. The van der Waals surface area contributed by atoms with Crippen molar-refractivity contribution in [3.8, 4) is 0 Å². The Bertz CT molecular complexity index is 487. The maximum absolute atomic E-state index is 11.9. The molecule has 2 amide bonds. The summed E-state index contributed by atoms with van der Waals surface area (Å²) in [6, 6.07) is 4.97. The third kappa shape index (κ3) is 3.85. The van der Waals surface area contributed by atoms with E-state index in [2.05, 4.69) is 10.6 Å². The van der Waals surface area contributed by atoms with Gasteiger partial charge in [-0.1, -0.05) is 17.7 Å². The molecule has 0 aliphatic carbocycles. The molecular weight excluding hydrogens is 280 g/mol. The van der Waals surface area contributed by atoms with E-state index in [4.69, 9.17) is 16.3 Å². The van der Waals surface area contributed by atoms with Gasteiger partial charge in [-0.2, -0.15) is 0 Å². The first kappa shape index (κ1) is 15.1. The Morgan fingerprint density at radius 2 is 2.15 bits per heavy atom. The van der Waals surface area contributed by atoms with Crippen LogP contribution in [0.5, 0.6) is 0 Å². The molecule has 1 fully saturated rings. The number of anilines is 1. The van der Waals surface area contributed by atoms with Gasteiger partial charge in [-0.3, -0.25) is 0 Å². The summed E-state index contributed by atoms with van der Waals surface area (Å²) in [5.74, 6) is 0. The first-order chi connectivity index (χ1) is 9.50. The first-order valence-corrected chi connectivity index (χ1v) is 6.98. The molecule has 0 radical (unpaired) electrons. The van der Waals surface area contributed by atoms with E-state index in [1.807, 2.05) is 6.92 Å². The van der Waals surface area contributed by atoms with Crippen LogP contribution in [0, 0.1) is 6.92 Å². The minimum Gasteiger partial charge on any atom is -0.388 e. The molecule has 3 N–H and O–H groups in total. The molecule has 0 spiro atoms. The lowest BCUT2D eigenvalue weighted by molar-refractivity contribution is -0.0598. The Hall–Kier alpha value is -1.30. The second kappa shape index (κ2) is 6.43. The van der Waals surface area contributed by atoms with Crippen LogP contribution in [0.25, 0.3) is 0 Å². The van der Waals surface area contributed by atoms with Crippen LogP contribution in [0.3, 0.4) is 0 Å². The largest absolute Gasteiger partial charge is 0.388 e. The van der Waals surface area contributed by atoms with Crippen molar-refractivity contribution in [2.75, 3.05) is 25.1 Å². The molecule has 1 aliphatic heterocycles. The van der Waals surface area contributed by atoms with Gasteiger partial charge in [0.1, 0.15) is 0 Å². The quantitative estimate of drug-likeness (QED) is 0.802. The molecule has 20 heavy (non-hydrogen) atoms. The Morgan fingerprint density at radius 1 is 1.45 bits per heavy atom. The number of nitrogens with one attached hydrogen (secondary N) is 2. The zero-order valence-electron chi connectivity index (χ0n) is 11.4. The molecule has 2 rings (SSSR count). The average molecular weight is 299 g/mol. The van der Waals surface area contributed by atoms with Gasteiger partial charge in [-0.25, -0.2) is 4.79 Å². The minimum atomic E-state index is -0.876. The predicted molar refractivity (Wildman–Crippen MR) is 78.2 cm³/mol. The van der Waals surface area contributed by atoms with E-state index in [0.717, 1.165) is 5.56 Å². The van der Waals surface area contributed by atoms with Crippen molar-refractivity contribution in [3.63, 3.8) is 0 Å². The second-order valence-electron chi connectivity index (χ2n) is 5.06. The van der Waals surface area contributed by atoms with Crippen LogP contribution < -0.4 is 10.6 Å². The molecule has 1 aliphatic rings. The third-order valence-corrected chi connectivity index (χ3v) is 3.93. The number of ether oxygens (including phenoxy) is 1. The molecule has 0 unspecified atom stereocenters. The van der Waals surface area contributed by atoms with E-state index in [9.17, 15) is 9.90 Å². The minimum absolute atomic E-state index is 0.210. The van der Waals surface area contributed by atoms with Crippen LogP contribution in [0.1, 0.15) is 18.4 Å². The fourth-order valence-electron chi connectivity index (χ4n) is 2.08. The summed E-state index contributed by atoms with van der Waals surface area (Å²) in [6.45, 7) is 3.09. The van der Waals surface area contributed by atoms with Gasteiger partial charge in [0.25, 0.3) is 0 Å². The van der Waals surface area contributed by atoms with E-state index in [-0.39, 0.29) is 12.6 Å². The number of urea groups is 1. The number of halogens is 1. The molecule has 6 heteroatoms. The van der Waals surface area contributed by atoms with Crippen LogP contribution in [-0.2, 0) is 4.74 Å². The number of aliphatic hydroxyl groups is 1. The highest BCUT2D eigenvalue weighted by Gasteiger charge is 2.30. The van der Waals surface area contributed by atoms with Crippen LogP contribution >= 0.6 is 11.6 Å². The van der Waals surface area contributed by atoms with E-state index in [0.29, 0.717) is 36.8 Å². The summed E-state index contributed by atoms with van der Waals surface area (Å²) >= 11 is 5.99. The van der Waals surface area contributed by atoms with Gasteiger partial charge in [0.05, 0.1) is 5.60 Å². The van der Waals surface area contributed by atoms with E-state index >= 15 is 0 Å². The maximum atomic E-state index is 11.9.